The van der Waals surface area contributed by atoms with Crippen LogP contribution in [-0.4, -0.2) is 30.9 Å². The summed E-state index contributed by atoms with van der Waals surface area (Å²) in [4.78, 5) is 27.0. The van der Waals surface area contributed by atoms with E-state index in [2.05, 4.69) is 10.3 Å². The van der Waals surface area contributed by atoms with E-state index in [9.17, 15) is 9.59 Å². The number of ether oxygens (including phenoxy) is 3. The molecule has 0 radical (unpaired) electrons. The Hall–Kier alpha value is -3.61. The van der Waals surface area contributed by atoms with Crippen molar-refractivity contribution in [3.05, 3.63) is 48.7 Å². The molecule has 0 saturated carbocycles. The maximum Gasteiger partial charge on any atom is 0.231 e. The molecule has 1 heterocycles. The van der Waals surface area contributed by atoms with Crippen molar-refractivity contribution in [1.82, 2.24) is 4.98 Å². The molecule has 2 aromatic carbocycles. The smallest absolute Gasteiger partial charge is 0.231 e. The lowest BCUT2D eigenvalue weighted by atomic mass is 10.2. The summed E-state index contributed by atoms with van der Waals surface area (Å²) < 4.78 is 16.7. The Labute approximate surface area is 162 Å². The number of aromatic nitrogens is 1. The highest BCUT2D eigenvalue weighted by Gasteiger charge is 2.11. The van der Waals surface area contributed by atoms with Crippen molar-refractivity contribution in [2.24, 2.45) is 0 Å². The summed E-state index contributed by atoms with van der Waals surface area (Å²) in [5, 5.41) is 3.44. The van der Waals surface area contributed by atoms with Crippen LogP contribution in [0.5, 0.6) is 23.0 Å². The number of nitrogens with one attached hydrogen (secondary N) is 1. The number of Topliss-reactive ketones (excluding diaryl/α,β-unsaturated/α-hetero) is 1. The van der Waals surface area contributed by atoms with Crippen LogP contribution in [0.1, 0.15) is 13.3 Å². The SMILES string of the molecule is COc1cc2nccc(Oc3ccc(NC(=O)CC(C)=O)cc3)c2cc1OC. The lowest BCUT2D eigenvalue weighted by Crippen LogP contribution is -2.14. The van der Waals surface area contributed by atoms with E-state index >= 15 is 0 Å². The van der Waals surface area contributed by atoms with Gasteiger partial charge < -0.3 is 19.5 Å². The van der Waals surface area contributed by atoms with E-state index in [0.717, 1.165) is 5.39 Å². The average molecular weight is 380 g/mol. The minimum atomic E-state index is -0.345. The summed E-state index contributed by atoms with van der Waals surface area (Å²) in [6, 6.07) is 12.2. The Morgan fingerprint density at radius 3 is 2.29 bits per heavy atom. The molecule has 3 rings (SSSR count). The van der Waals surface area contributed by atoms with Gasteiger partial charge in [-0.25, -0.2) is 0 Å². The first-order chi connectivity index (χ1) is 13.5. The fourth-order valence-corrected chi connectivity index (χ4v) is 2.70. The summed E-state index contributed by atoms with van der Waals surface area (Å²) in [5.74, 6) is 1.84. The molecule has 0 spiro atoms. The predicted octanol–water partition coefficient (Wildman–Crippen LogP) is 3.96. The van der Waals surface area contributed by atoms with Gasteiger partial charge in [0.15, 0.2) is 11.5 Å². The standard InChI is InChI=1S/C21H20N2O5/c1-13(24)10-21(25)23-14-4-6-15(7-5-14)28-18-8-9-22-17-12-20(27-3)19(26-2)11-16(17)18/h4-9,11-12H,10H2,1-3H3,(H,23,25). The summed E-state index contributed by atoms with van der Waals surface area (Å²) in [7, 11) is 3.14. The van der Waals surface area contributed by atoms with Gasteiger partial charge in [-0.2, -0.15) is 0 Å². The zero-order valence-electron chi connectivity index (χ0n) is 15.8. The first-order valence-corrected chi connectivity index (χ1v) is 8.58. The van der Waals surface area contributed by atoms with Gasteiger partial charge in [-0.05, 0) is 43.3 Å². The van der Waals surface area contributed by atoms with E-state index in [1.54, 1.807) is 56.8 Å². The van der Waals surface area contributed by atoms with E-state index in [1.165, 1.54) is 6.92 Å². The van der Waals surface area contributed by atoms with Crippen LogP contribution in [0.25, 0.3) is 10.9 Å². The Bertz CT molecular complexity index is 1020. The third-order valence-electron chi connectivity index (χ3n) is 3.98. The van der Waals surface area contributed by atoms with Crippen molar-refractivity contribution in [2.75, 3.05) is 19.5 Å². The predicted molar refractivity (Wildman–Crippen MR) is 105 cm³/mol. The van der Waals surface area contributed by atoms with Crippen molar-refractivity contribution in [3.63, 3.8) is 0 Å². The molecule has 3 aromatic rings. The Morgan fingerprint density at radius 2 is 1.64 bits per heavy atom. The lowest BCUT2D eigenvalue weighted by molar-refractivity contribution is -0.124. The number of hydrogen-bond acceptors (Lipinski definition) is 6. The van der Waals surface area contributed by atoms with E-state index in [0.29, 0.717) is 34.2 Å². The number of ketones is 1. The van der Waals surface area contributed by atoms with Crippen LogP contribution in [0.3, 0.4) is 0 Å². The second kappa shape index (κ2) is 8.39. The average Bonchev–Trinajstić information content (AvgIpc) is 2.68. The molecule has 0 atom stereocenters. The van der Waals surface area contributed by atoms with Gasteiger partial charge in [-0.1, -0.05) is 0 Å². The fourth-order valence-electron chi connectivity index (χ4n) is 2.70. The van der Waals surface area contributed by atoms with Crippen LogP contribution in [0.4, 0.5) is 5.69 Å². The molecular weight excluding hydrogens is 360 g/mol. The zero-order chi connectivity index (χ0) is 20.1. The molecular formula is C21H20N2O5. The van der Waals surface area contributed by atoms with Crippen molar-refractivity contribution in [2.45, 2.75) is 13.3 Å². The number of amides is 1. The second-order valence-corrected chi connectivity index (χ2v) is 6.09. The number of pyridine rings is 1. The van der Waals surface area contributed by atoms with E-state index in [1.807, 2.05) is 6.07 Å². The van der Waals surface area contributed by atoms with E-state index in [4.69, 9.17) is 14.2 Å². The quantitative estimate of drug-likeness (QED) is 0.624. The van der Waals surface area contributed by atoms with Gasteiger partial charge in [0.2, 0.25) is 5.91 Å². The number of nitrogens with zero attached hydrogens (tertiary/aromatic N) is 1. The summed E-state index contributed by atoms with van der Waals surface area (Å²) in [6.07, 6.45) is 1.51. The summed E-state index contributed by atoms with van der Waals surface area (Å²) in [5.41, 5.74) is 1.30. The van der Waals surface area contributed by atoms with Crippen molar-refractivity contribution in [3.8, 4) is 23.0 Å². The van der Waals surface area contributed by atoms with Crippen molar-refractivity contribution < 1.29 is 23.8 Å². The molecule has 0 fully saturated rings. The molecule has 1 aromatic heterocycles. The van der Waals surface area contributed by atoms with Crippen LogP contribution in [-0.2, 0) is 9.59 Å². The molecule has 0 aliphatic rings. The number of carbonyl (C=O) groups excluding carboxylic acids is 2. The number of anilines is 1. The lowest BCUT2D eigenvalue weighted by Gasteiger charge is -2.12. The molecule has 0 bridgehead atoms. The molecule has 1 N–H and O–H groups in total. The Kier molecular flexibility index (Phi) is 5.74. The summed E-state index contributed by atoms with van der Waals surface area (Å²) in [6.45, 7) is 1.38. The van der Waals surface area contributed by atoms with Crippen LogP contribution >= 0.6 is 0 Å². The van der Waals surface area contributed by atoms with Crippen LogP contribution in [0.15, 0.2) is 48.7 Å². The van der Waals surface area contributed by atoms with Gasteiger partial charge in [0.25, 0.3) is 0 Å². The highest BCUT2D eigenvalue weighted by atomic mass is 16.5. The minimum Gasteiger partial charge on any atom is -0.493 e. The Balaban J connectivity index is 1.82. The van der Waals surface area contributed by atoms with Crippen LogP contribution < -0.4 is 19.5 Å². The minimum absolute atomic E-state index is 0.146. The largest absolute Gasteiger partial charge is 0.493 e. The number of benzene rings is 2. The van der Waals surface area contributed by atoms with Gasteiger partial charge in [0.05, 0.1) is 26.2 Å². The maximum atomic E-state index is 11.7. The maximum absolute atomic E-state index is 11.7. The Morgan fingerprint density at radius 1 is 0.964 bits per heavy atom. The number of carbonyl (C=O) groups is 2. The molecule has 28 heavy (non-hydrogen) atoms. The highest BCUT2D eigenvalue weighted by molar-refractivity contribution is 6.03. The van der Waals surface area contributed by atoms with Gasteiger partial charge in [-0.15, -0.1) is 0 Å². The monoisotopic (exact) mass is 380 g/mol. The number of methoxy groups -OCH3 is 2. The van der Waals surface area contributed by atoms with Crippen molar-refractivity contribution in [1.29, 1.82) is 0 Å². The molecule has 0 aliphatic heterocycles. The van der Waals surface area contributed by atoms with Crippen LogP contribution in [0.2, 0.25) is 0 Å². The molecule has 0 aliphatic carbocycles. The molecule has 0 unspecified atom stereocenters. The molecule has 1 amide bonds. The number of hydrogen-bond donors (Lipinski definition) is 1. The van der Waals surface area contributed by atoms with Gasteiger partial charge in [-0.3, -0.25) is 14.6 Å². The van der Waals surface area contributed by atoms with Gasteiger partial charge >= 0.3 is 0 Å². The second-order valence-electron chi connectivity index (χ2n) is 6.09. The fraction of sp³-hybridized carbons (Fsp3) is 0.190. The number of rotatable bonds is 7. The molecule has 144 valence electrons. The highest BCUT2D eigenvalue weighted by Crippen LogP contribution is 2.36. The van der Waals surface area contributed by atoms with Gasteiger partial charge in [0.1, 0.15) is 17.3 Å². The molecule has 7 nitrogen and oxygen atoms in total. The summed E-state index contributed by atoms with van der Waals surface area (Å²) >= 11 is 0. The van der Waals surface area contributed by atoms with E-state index in [-0.39, 0.29) is 18.1 Å². The van der Waals surface area contributed by atoms with Crippen LogP contribution in [0, 0.1) is 0 Å². The first kappa shape index (κ1) is 19.2. The zero-order valence-corrected chi connectivity index (χ0v) is 15.8. The van der Waals surface area contributed by atoms with Crippen molar-refractivity contribution >= 4 is 28.3 Å². The number of fused-ring (bicyclic) bond motifs is 1. The first-order valence-electron chi connectivity index (χ1n) is 8.58. The molecule has 7 heteroatoms. The third kappa shape index (κ3) is 4.37. The topological polar surface area (TPSA) is 86.8 Å². The molecule has 0 saturated heterocycles. The third-order valence-corrected chi connectivity index (χ3v) is 3.98. The van der Waals surface area contributed by atoms with E-state index < -0.39 is 0 Å². The van der Waals surface area contributed by atoms with Gasteiger partial charge in [0, 0.05) is 23.3 Å². The normalized spacial score (nSPS) is 10.4.